The molecule has 0 aromatic heterocycles. The van der Waals surface area contributed by atoms with Crippen molar-refractivity contribution in [3.05, 3.63) is 27.1 Å². The highest BCUT2D eigenvalue weighted by atomic mass is 79.9. The van der Waals surface area contributed by atoms with E-state index in [1.165, 1.54) is 14.7 Å². The normalized spacial score (nSPS) is 10.1. The van der Waals surface area contributed by atoms with Crippen molar-refractivity contribution in [1.82, 2.24) is 0 Å². The van der Waals surface area contributed by atoms with Gasteiger partial charge >= 0.3 is 0 Å². The lowest BCUT2D eigenvalue weighted by Crippen LogP contribution is -1.69. The largest absolute Gasteiger partial charge is 0.0994 e. The number of halogens is 2. The van der Waals surface area contributed by atoms with Crippen molar-refractivity contribution in [2.45, 2.75) is 4.90 Å². The maximum absolute atomic E-state index is 4.05. The summed E-state index contributed by atoms with van der Waals surface area (Å²) >= 11 is 10.9. The summed E-state index contributed by atoms with van der Waals surface area (Å²) in [5, 5.41) is 0. The molecule has 0 atom stereocenters. The predicted octanol–water partition coefficient (Wildman–Crippen LogP) is 4.80. The fourth-order valence-corrected chi connectivity index (χ4v) is 3.97. The van der Waals surface area contributed by atoms with E-state index in [2.05, 4.69) is 55.7 Å². The second-order valence-electron chi connectivity index (χ2n) is 1.76. The van der Waals surface area contributed by atoms with Crippen LogP contribution in [0.2, 0.25) is 0 Å². The molecule has 1 rings (SSSR count). The summed E-state index contributed by atoms with van der Waals surface area (Å²) in [5.41, 5.74) is 0. The second-order valence-corrected chi connectivity index (χ2v) is 6.67. The van der Waals surface area contributed by atoms with E-state index in [4.69, 9.17) is 0 Å². The summed E-state index contributed by atoms with van der Waals surface area (Å²) in [6.45, 7) is 0. The number of hydrogen-bond donors (Lipinski definition) is 1. The van der Waals surface area contributed by atoms with Crippen LogP contribution in [0, 0.1) is 0 Å². The smallest absolute Gasteiger partial charge is 0.0213 e. The molecule has 60 valence electrons. The van der Waals surface area contributed by atoms with Crippen LogP contribution in [0.1, 0.15) is 0 Å². The van der Waals surface area contributed by atoms with Gasteiger partial charge in [-0.2, -0.15) is 0 Å². The highest BCUT2D eigenvalue weighted by Gasteiger charge is 1.96. The molecule has 0 heterocycles. The predicted molar refractivity (Wildman–Crippen MR) is 64.3 cm³/mol. The Bertz CT molecular complexity index is 231. The van der Waals surface area contributed by atoms with Crippen LogP contribution in [-0.2, 0) is 0 Å². The van der Waals surface area contributed by atoms with Crippen LogP contribution in [0.15, 0.2) is 32.0 Å². The van der Waals surface area contributed by atoms with Gasteiger partial charge in [0, 0.05) is 13.8 Å². The molecule has 0 saturated carbocycles. The molecule has 0 fully saturated rings. The van der Waals surface area contributed by atoms with Crippen molar-refractivity contribution in [3.8, 4) is 0 Å². The minimum absolute atomic E-state index is 1.08. The van der Waals surface area contributed by atoms with Crippen LogP contribution in [-0.4, -0.2) is 0 Å². The summed E-state index contributed by atoms with van der Waals surface area (Å²) < 4.78 is 2.16. The average Bonchev–Trinajstić information content (AvgIpc) is 1.85. The fraction of sp³-hybridized carbons (Fsp3) is 0. The third-order valence-corrected chi connectivity index (χ3v) is 3.86. The van der Waals surface area contributed by atoms with Crippen molar-refractivity contribution in [3.63, 3.8) is 0 Å². The Balaban J connectivity index is 2.89. The summed E-state index contributed by atoms with van der Waals surface area (Å²) in [4.78, 5) is 1.19. The molecule has 0 unspecified atom stereocenters. The zero-order valence-corrected chi connectivity index (χ0v) is 11.0. The molecule has 1 aromatic carbocycles. The Morgan fingerprint density at radius 1 is 1.09 bits per heavy atom. The third-order valence-electron chi connectivity index (χ3n) is 0.970. The molecule has 0 radical (unpaired) electrons. The van der Waals surface area contributed by atoms with Gasteiger partial charge in [-0.05, 0) is 38.8 Å². The highest BCUT2D eigenvalue weighted by molar-refractivity contribution is 9.11. The maximum atomic E-state index is 4.05. The number of hydrogen-bond acceptors (Lipinski definition) is 3. The van der Waals surface area contributed by atoms with Gasteiger partial charge < -0.3 is 0 Å². The Labute approximate surface area is 95.4 Å². The quantitative estimate of drug-likeness (QED) is 0.610. The van der Waals surface area contributed by atoms with Crippen LogP contribution < -0.4 is 0 Å². The average molecular weight is 332 g/mol. The van der Waals surface area contributed by atoms with Crippen molar-refractivity contribution in [1.29, 1.82) is 0 Å². The van der Waals surface area contributed by atoms with Gasteiger partial charge in [-0.25, -0.2) is 0 Å². The Hall–Kier alpha value is 1.23. The first-order valence-electron chi connectivity index (χ1n) is 2.66. The van der Waals surface area contributed by atoms with Gasteiger partial charge in [-0.15, -0.1) is 0 Å². The first-order chi connectivity index (χ1) is 5.22. The first-order valence-corrected chi connectivity index (χ1v) is 7.45. The molecule has 0 saturated heterocycles. The van der Waals surface area contributed by atoms with Gasteiger partial charge in [-0.1, -0.05) is 43.5 Å². The Morgan fingerprint density at radius 3 is 2.09 bits per heavy atom. The number of benzene rings is 1. The summed E-state index contributed by atoms with van der Waals surface area (Å²) in [6, 6.07) is 6.12. The van der Waals surface area contributed by atoms with E-state index >= 15 is 0 Å². The minimum atomic E-state index is 1.08. The molecule has 11 heavy (non-hydrogen) atoms. The van der Waals surface area contributed by atoms with Gasteiger partial charge in [0.2, 0.25) is 0 Å². The van der Waals surface area contributed by atoms with Crippen LogP contribution in [0.4, 0.5) is 0 Å². The molecular weight excluding hydrogens is 328 g/mol. The van der Waals surface area contributed by atoms with E-state index in [1.54, 1.807) is 10.8 Å². The zero-order chi connectivity index (χ0) is 8.27. The van der Waals surface area contributed by atoms with Crippen molar-refractivity contribution < 1.29 is 0 Å². The minimum Gasteiger partial charge on any atom is -0.0994 e. The lowest BCUT2D eigenvalue weighted by atomic mass is 10.4. The highest BCUT2D eigenvalue weighted by Crippen LogP contribution is 2.36. The molecule has 0 aliphatic carbocycles. The van der Waals surface area contributed by atoms with Crippen LogP contribution >= 0.6 is 64.1 Å². The molecule has 0 bridgehead atoms. The first kappa shape index (κ1) is 10.3. The molecule has 0 aliphatic rings. The molecule has 1 aromatic rings. The summed E-state index contributed by atoms with van der Waals surface area (Å²) in [5.74, 6) is 0. The molecule has 0 spiro atoms. The van der Waals surface area contributed by atoms with Gasteiger partial charge in [-0.3, -0.25) is 0 Å². The van der Waals surface area contributed by atoms with Crippen LogP contribution in [0.5, 0.6) is 0 Å². The molecule has 5 heteroatoms. The van der Waals surface area contributed by atoms with Gasteiger partial charge in [0.25, 0.3) is 0 Å². The summed E-state index contributed by atoms with van der Waals surface area (Å²) in [6.07, 6.45) is 0. The number of rotatable bonds is 2. The molecule has 0 aliphatic heterocycles. The van der Waals surface area contributed by atoms with E-state index < -0.39 is 0 Å². The maximum Gasteiger partial charge on any atom is 0.0213 e. The molecular formula is C6H4Br2S3. The molecule has 0 N–H and O–H groups in total. The Morgan fingerprint density at radius 2 is 1.64 bits per heavy atom. The van der Waals surface area contributed by atoms with Crippen molar-refractivity contribution in [2.75, 3.05) is 0 Å². The zero-order valence-electron chi connectivity index (χ0n) is 5.25. The molecule has 0 amide bonds. The van der Waals surface area contributed by atoms with E-state index in [0.717, 1.165) is 8.95 Å². The summed E-state index contributed by atoms with van der Waals surface area (Å²) in [7, 11) is 3.07. The lowest BCUT2D eigenvalue weighted by Gasteiger charge is -1.98. The molecule has 0 nitrogen and oxygen atoms in total. The monoisotopic (exact) mass is 330 g/mol. The second kappa shape index (κ2) is 5.07. The van der Waals surface area contributed by atoms with Gasteiger partial charge in [0.1, 0.15) is 0 Å². The number of thiol groups is 1. The lowest BCUT2D eigenvalue weighted by molar-refractivity contribution is 1.42. The van der Waals surface area contributed by atoms with E-state index in [0.29, 0.717) is 0 Å². The SMILES string of the molecule is SSSc1cc(Br)cc(Br)c1. The van der Waals surface area contributed by atoms with Crippen molar-refractivity contribution in [2.24, 2.45) is 0 Å². The van der Waals surface area contributed by atoms with E-state index in [9.17, 15) is 0 Å². The Kier molecular flexibility index (Phi) is 4.75. The topological polar surface area (TPSA) is 0 Å². The van der Waals surface area contributed by atoms with Crippen LogP contribution in [0.3, 0.4) is 0 Å². The third kappa shape index (κ3) is 3.63. The van der Waals surface area contributed by atoms with Gasteiger partial charge in [0.05, 0.1) is 0 Å². The van der Waals surface area contributed by atoms with E-state index in [1.807, 2.05) is 6.07 Å². The van der Waals surface area contributed by atoms with Crippen molar-refractivity contribution >= 4 is 64.1 Å². The van der Waals surface area contributed by atoms with E-state index in [-0.39, 0.29) is 0 Å². The fourth-order valence-electron chi connectivity index (χ4n) is 0.620. The van der Waals surface area contributed by atoms with Crippen LogP contribution in [0.25, 0.3) is 0 Å². The van der Waals surface area contributed by atoms with Gasteiger partial charge in [0.15, 0.2) is 0 Å². The standard InChI is InChI=1S/C6H4Br2S3/c7-4-1-5(8)3-6(2-4)10-11-9/h1-3,9H.